The first kappa shape index (κ1) is 21.3. The van der Waals surface area contributed by atoms with Crippen LogP contribution in [0.3, 0.4) is 0 Å². The van der Waals surface area contributed by atoms with Crippen LogP contribution in [0.2, 0.25) is 0 Å². The van der Waals surface area contributed by atoms with E-state index in [2.05, 4.69) is 49.2 Å². The average Bonchev–Trinajstić information content (AvgIpc) is 2.93. The summed E-state index contributed by atoms with van der Waals surface area (Å²) < 4.78 is 11.0. The summed E-state index contributed by atoms with van der Waals surface area (Å²) in [5, 5.41) is 3.46. The van der Waals surface area contributed by atoms with Crippen molar-refractivity contribution in [1.82, 2.24) is 0 Å². The van der Waals surface area contributed by atoms with E-state index >= 15 is 0 Å². The molecule has 1 N–H and O–H groups in total. The summed E-state index contributed by atoms with van der Waals surface area (Å²) >= 11 is 0. The summed E-state index contributed by atoms with van der Waals surface area (Å²) in [6.07, 6.45) is 19.8. The summed E-state index contributed by atoms with van der Waals surface area (Å²) in [6.45, 7) is 6.51. The summed E-state index contributed by atoms with van der Waals surface area (Å²) in [7, 11) is 3.35. The Morgan fingerprint density at radius 2 is 2.00 bits per heavy atom. The molecule has 3 heteroatoms. The SMILES string of the molecule is C=C/C=C\C=C/CNc1ccccc1/C=C(\C)C1=CC=CC(OC)C(OC)=C1. The number of ether oxygens (including phenoxy) is 2. The maximum atomic E-state index is 5.51. The van der Waals surface area contributed by atoms with Crippen LogP contribution < -0.4 is 5.32 Å². The van der Waals surface area contributed by atoms with E-state index in [0.717, 1.165) is 34.7 Å². The molecule has 1 atom stereocenters. The van der Waals surface area contributed by atoms with Crippen molar-refractivity contribution in [1.29, 1.82) is 0 Å². The maximum Gasteiger partial charge on any atom is 0.133 e. The Labute approximate surface area is 168 Å². The van der Waals surface area contributed by atoms with Gasteiger partial charge in [-0.1, -0.05) is 67.3 Å². The highest BCUT2D eigenvalue weighted by molar-refractivity contribution is 5.71. The number of benzene rings is 1. The Morgan fingerprint density at radius 1 is 1.18 bits per heavy atom. The smallest absolute Gasteiger partial charge is 0.133 e. The van der Waals surface area contributed by atoms with Crippen LogP contribution in [0.5, 0.6) is 0 Å². The molecule has 28 heavy (non-hydrogen) atoms. The fourth-order valence-corrected chi connectivity index (χ4v) is 2.81. The van der Waals surface area contributed by atoms with Gasteiger partial charge in [0.25, 0.3) is 0 Å². The molecular formula is C25H29NO2. The summed E-state index contributed by atoms with van der Waals surface area (Å²) in [6, 6.07) is 8.28. The Morgan fingerprint density at radius 3 is 2.75 bits per heavy atom. The Balaban J connectivity index is 2.19. The average molecular weight is 376 g/mol. The molecule has 146 valence electrons. The predicted molar refractivity (Wildman–Crippen MR) is 120 cm³/mol. The van der Waals surface area contributed by atoms with Gasteiger partial charge in [-0.2, -0.15) is 0 Å². The summed E-state index contributed by atoms with van der Waals surface area (Å²) in [5.41, 5.74) is 4.47. The van der Waals surface area contributed by atoms with Crippen molar-refractivity contribution in [3.05, 3.63) is 108 Å². The first-order chi connectivity index (χ1) is 13.7. The Hall–Kier alpha value is -3.04. The second kappa shape index (κ2) is 11.6. The minimum Gasteiger partial charge on any atom is -0.498 e. The van der Waals surface area contributed by atoms with Gasteiger partial charge in [0.15, 0.2) is 0 Å². The molecule has 3 nitrogen and oxygen atoms in total. The van der Waals surface area contributed by atoms with Crippen molar-refractivity contribution >= 4 is 11.8 Å². The van der Waals surface area contributed by atoms with Gasteiger partial charge in [-0.05, 0) is 47.9 Å². The van der Waals surface area contributed by atoms with Crippen LogP contribution >= 0.6 is 0 Å². The molecule has 0 amide bonds. The van der Waals surface area contributed by atoms with E-state index in [4.69, 9.17) is 9.47 Å². The Bertz CT molecular complexity index is 838. The van der Waals surface area contributed by atoms with Crippen LogP contribution in [0, 0.1) is 0 Å². The zero-order chi connectivity index (χ0) is 20.2. The second-order valence-electron chi connectivity index (χ2n) is 6.26. The van der Waals surface area contributed by atoms with E-state index in [-0.39, 0.29) is 6.10 Å². The number of para-hydroxylation sites is 1. The molecule has 0 aliphatic heterocycles. The van der Waals surface area contributed by atoms with Crippen molar-refractivity contribution < 1.29 is 9.47 Å². The quantitative estimate of drug-likeness (QED) is 0.550. The van der Waals surface area contributed by atoms with Crippen molar-refractivity contribution in [2.45, 2.75) is 13.0 Å². The normalized spacial score (nSPS) is 17.4. The molecule has 1 aromatic rings. The van der Waals surface area contributed by atoms with Gasteiger partial charge in [-0.3, -0.25) is 0 Å². The minimum atomic E-state index is -0.164. The van der Waals surface area contributed by atoms with Crippen LogP contribution in [-0.4, -0.2) is 26.9 Å². The fourth-order valence-electron chi connectivity index (χ4n) is 2.81. The number of nitrogens with one attached hydrogen (secondary N) is 1. The van der Waals surface area contributed by atoms with E-state index in [1.54, 1.807) is 20.3 Å². The monoisotopic (exact) mass is 375 g/mol. The highest BCUT2D eigenvalue weighted by atomic mass is 16.5. The van der Waals surface area contributed by atoms with Gasteiger partial charge in [-0.15, -0.1) is 0 Å². The highest BCUT2D eigenvalue weighted by Crippen LogP contribution is 2.25. The van der Waals surface area contributed by atoms with Crippen molar-refractivity contribution in [3.8, 4) is 0 Å². The number of hydrogen-bond donors (Lipinski definition) is 1. The van der Waals surface area contributed by atoms with Gasteiger partial charge >= 0.3 is 0 Å². The minimum absolute atomic E-state index is 0.164. The maximum absolute atomic E-state index is 5.51. The lowest BCUT2D eigenvalue weighted by Gasteiger charge is -2.14. The molecule has 0 heterocycles. The van der Waals surface area contributed by atoms with Crippen LogP contribution in [-0.2, 0) is 9.47 Å². The number of hydrogen-bond acceptors (Lipinski definition) is 3. The van der Waals surface area contributed by atoms with Crippen molar-refractivity contribution in [2.75, 3.05) is 26.1 Å². The summed E-state index contributed by atoms with van der Waals surface area (Å²) in [5.74, 6) is 0.791. The fraction of sp³-hybridized carbons (Fsp3) is 0.200. The first-order valence-corrected chi connectivity index (χ1v) is 9.32. The zero-order valence-corrected chi connectivity index (χ0v) is 16.9. The van der Waals surface area contributed by atoms with Crippen LogP contribution in [0.25, 0.3) is 6.08 Å². The molecule has 1 aliphatic rings. The van der Waals surface area contributed by atoms with Gasteiger partial charge < -0.3 is 14.8 Å². The van der Waals surface area contributed by atoms with E-state index in [1.807, 2.05) is 48.6 Å². The third-order valence-corrected chi connectivity index (χ3v) is 4.32. The van der Waals surface area contributed by atoms with E-state index < -0.39 is 0 Å². The van der Waals surface area contributed by atoms with Gasteiger partial charge in [0.05, 0.1) is 7.11 Å². The molecule has 0 bridgehead atoms. The van der Waals surface area contributed by atoms with Gasteiger partial charge in [0.2, 0.25) is 0 Å². The molecular weight excluding hydrogens is 346 g/mol. The van der Waals surface area contributed by atoms with Crippen LogP contribution in [0.15, 0.2) is 102 Å². The van der Waals surface area contributed by atoms with Gasteiger partial charge in [0.1, 0.15) is 11.9 Å². The van der Waals surface area contributed by atoms with Crippen molar-refractivity contribution in [3.63, 3.8) is 0 Å². The first-order valence-electron chi connectivity index (χ1n) is 9.32. The standard InChI is InChI=1S/C25H29NO2/c1-5-6-7-8-11-17-26-23-15-10-9-13-22(23)18-20(2)21-14-12-16-24(27-3)25(19-21)28-4/h5-16,18-19,24,26H,1,17H2,2-4H3/b7-6-,11-8-,20-18+. The lowest BCUT2D eigenvalue weighted by Crippen LogP contribution is -2.11. The van der Waals surface area contributed by atoms with E-state index in [1.165, 1.54) is 0 Å². The predicted octanol–water partition coefficient (Wildman–Crippen LogP) is 5.84. The highest BCUT2D eigenvalue weighted by Gasteiger charge is 2.14. The van der Waals surface area contributed by atoms with Crippen molar-refractivity contribution in [2.24, 2.45) is 0 Å². The third-order valence-electron chi connectivity index (χ3n) is 4.32. The molecule has 1 aliphatic carbocycles. The molecule has 0 spiro atoms. The van der Waals surface area contributed by atoms with Crippen LogP contribution in [0.4, 0.5) is 5.69 Å². The lowest BCUT2D eigenvalue weighted by molar-refractivity contribution is 0.110. The van der Waals surface area contributed by atoms with E-state index in [0.29, 0.717) is 0 Å². The topological polar surface area (TPSA) is 30.5 Å². The number of allylic oxidation sites excluding steroid dienone is 9. The molecule has 0 fully saturated rings. The molecule has 0 aromatic heterocycles. The molecule has 1 aromatic carbocycles. The van der Waals surface area contributed by atoms with Gasteiger partial charge in [-0.25, -0.2) is 0 Å². The lowest BCUT2D eigenvalue weighted by atomic mass is 10.0. The molecule has 0 saturated heterocycles. The molecule has 0 saturated carbocycles. The Kier molecular flexibility index (Phi) is 8.83. The summed E-state index contributed by atoms with van der Waals surface area (Å²) in [4.78, 5) is 0. The number of methoxy groups -OCH3 is 2. The number of rotatable bonds is 9. The second-order valence-corrected chi connectivity index (χ2v) is 6.26. The third kappa shape index (κ3) is 6.29. The largest absolute Gasteiger partial charge is 0.498 e. The molecule has 0 radical (unpaired) electrons. The number of anilines is 1. The molecule has 2 rings (SSSR count). The zero-order valence-electron chi connectivity index (χ0n) is 16.9. The van der Waals surface area contributed by atoms with E-state index in [9.17, 15) is 0 Å². The van der Waals surface area contributed by atoms with Gasteiger partial charge in [0, 0.05) is 19.3 Å². The van der Waals surface area contributed by atoms with Crippen LogP contribution in [0.1, 0.15) is 12.5 Å². The molecule has 1 unspecified atom stereocenters.